The van der Waals surface area contributed by atoms with Gasteiger partial charge in [-0.25, -0.2) is 37.0 Å². The van der Waals surface area contributed by atoms with E-state index >= 15 is 0 Å². The first-order valence-electron chi connectivity index (χ1n) is 23.7. The number of fused-ring (bicyclic) bond motifs is 6. The minimum Gasteiger partial charge on any atom is -0.475 e. The van der Waals surface area contributed by atoms with E-state index in [1.807, 2.05) is 18.2 Å². The highest BCUT2D eigenvalue weighted by Crippen LogP contribution is 2.64. The molecule has 5 fully saturated rings. The molecule has 4 saturated carbocycles. The van der Waals surface area contributed by atoms with Gasteiger partial charge >= 0.3 is 12.1 Å². The van der Waals surface area contributed by atoms with Crippen LogP contribution < -0.4 is 11.1 Å². The van der Waals surface area contributed by atoms with E-state index in [0.29, 0.717) is 22.9 Å². The van der Waals surface area contributed by atoms with Gasteiger partial charge in [0.15, 0.2) is 28.0 Å². The summed E-state index contributed by atoms with van der Waals surface area (Å²) in [5.41, 5.74) is 7.77. The molecule has 8 atom stereocenters. The van der Waals surface area contributed by atoms with Crippen LogP contribution in [0.25, 0.3) is 9.69 Å². The number of guanidine groups is 1. The van der Waals surface area contributed by atoms with E-state index in [2.05, 4.69) is 28.9 Å². The van der Waals surface area contributed by atoms with E-state index in [9.17, 15) is 40.3 Å². The van der Waals surface area contributed by atoms with Gasteiger partial charge in [-0.2, -0.15) is 13.2 Å². The summed E-state index contributed by atoms with van der Waals surface area (Å²) in [5, 5.41) is 10.8. The zero-order valence-electron chi connectivity index (χ0n) is 39.7. The number of nitrogens with two attached hydrogens (primary N) is 1. The van der Waals surface area contributed by atoms with Crippen molar-refractivity contribution in [1.82, 2.24) is 15.1 Å². The van der Waals surface area contributed by atoms with Crippen LogP contribution in [0.4, 0.5) is 42.1 Å². The van der Waals surface area contributed by atoms with E-state index in [4.69, 9.17) is 55.5 Å². The number of amides is 2. The number of halogens is 7. The van der Waals surface area contributed by atoms with Gasteiger partial charge in [-0.05, 0) is 110 Å². The van der Waals surface area contributed by atoms with Crippen molar-refractivity contribution >= 4 is 52.4 Å². The van der Waals surface area contributed by atoms with Gasteiger partial charge in [-0.1, -0.05) is 57.7 Å². The molecule has 2 amide bonds. The van der Waals surface area contributed by atoms with Crippen LogP contribution in [0.5, 0.6) is 0 Å². The number of carboxylic acid groups (broad SMARTS) is 1. The molecule has 4 N–H and O–H groups in total. The fourth-order valence-electron chi connectivity index (χ4n) is 13.5. The van der Waals surface area contributed by atoms with Gasteiger partial charge in [0.05, 0.1) is 25.4 Å². The van der Waals surface area contributed by atoms with Crippen molar-refractivity contribution in [2.75, 3.05) is 27.3 Å². The smallest absolute Gasteiger partial charge is 0.475 e. The minimum absolute atomic E-state index is 0. The SMILES string of the molecule is C.O=C(O)C(F)(F)F.[C-]#[N+]c1ccc2c(c1)[C@]1(N=C(N)N(CC3CC(F)(F)C3)C1=O)[C@]1(CC[C@H](OC)[C@@H](C)C1)C2.[C-]#[N+]c1ccc2c(c1)[C@]1(NC(=S)N(CC3CC(F)(F)C3)C1=O)[C@]1(CC[C@H](OC)[C@@H](C)C1)C2. The van der Waals surface area contributed by atoms with Crippen molar-refractivity contribution in [2.24, 2.45) is 45.2 Å². The number of aliphatic carboxylic acids is 1. The lowest BCUT2D eigenvalue weighted by Crippen LogP contribution is -2.58. The second-order valence-corrected chi connectivity index (χ2v) is 21.5. The van der Waals surface area contributed by atoms with Crippen LogP contribution in [0.2, 0.25) is 0 Å². The Morgan fingerprint density at radius 2 is 1.25 bits per heavy atom. The summed E-state index contributed by atoms with van der Waals surface area (Å²) < 4.78 is 96.8. The predicted molar refractivity (Wildman–Crippen MR) is 255 cm³/mol. The maximum Gasteiger partial charge on any atom is 0.490 e. The molecule has 0 unspecified atom stereocenters. The second kappa shape index (κ2) is 19.1. The normalized spacial score (nSPS) is 32.8. The molecule has 6 aliphatic carbocycles. The summed E-state index contributed by atoms with van der Waals surface area (Å²) in [7, 11) is 3.44. The van der Waals surface area contributed by atoms with Crippen LogP contribution in [0.1, 0.15) is 108 Å². The third-order valence-electron chi connectivity index (χ3n) is 16.7. The second-order valence-electron chi connectivity index (χ2n) is 21.1. The third-order valence-corrected chi connectivity index (χ3v) is 17.0. The number of benzene rings is 2. The number of methoxy groups -OCH3 is 2. The van der Waals surface area contributed by atoms with Crippen LogP contribution in [0.3, 0.4) is 0 Å². The number of nitrogens with zero attached hydrogens (tertiary/aromatic N) is 5. The third kappa shape index (κ3) is 8.98. The van der Waals surface area contributed by atoms with E-state index in [0.717, 1.165) is 67.2 Å². The van der Waals surface area contributed by atoms with Crippen molar-refractivity contribution in [3.63, 3.8) is 0 Å². The standard InChI is InChI=1S/C24H28F2N4O2.C24H27F2N3O2S.C2HF3O2.CH4/c1-14-9-22(7-6-19(14)32-3)12-16-4-5-17(28-2)8-18(16)24(22)20(31)30(21(27)29-24)13-15-10-23(25,26)11-15;1-14-9-22(7-6-19(14)31-3)12-16-4-5-17(27-2)8-18(16)24(22)20(30)29(21(32)28-24)13-15-10-23(25,26)11-15;3-2(4,5)1(6)7;/h4-5,8,14-15,19H,6-7,9-13H2,1,3H3,(H2,27,29);4-5,8,14-15,19H,6-7,9-13H2,1,3H3,(H,28,32);(H,6,7);1H4/t2*14-,19-,22-,24+;;/m00../s1. The number of nitrogens with one attached hydrogen (secondary N) is 1. The van der Waals surface area contributed by atoms with Crippen LogP contribution in [0.15, 0.2) is 41.4 Å². The zero-order chi connectivity index (χ0) is 51.9. The summed E-state index contributed by atoms with van der Waals surface area (Å²) >= 11 is 5.61. The molecule has 21 heteroatoms. The molecule has 72 heavy (non-hydrogen) atoms. The van der Waals surface area contributed by atoms with E-state index < -0.39 is 45.9 Å². The molecule has 0 aromatic heterocycles. The van der Waals surface area contributed by atoms with E-state index in [1.54, 1.807) is 32.4 Å². The van der Waals surface area contributed by atoms with Gasteiger partial charge in [-0.15, -0.1) is 0 Å². The Labute approximate surface area is 419 Å². The average molecular weight is 1030 g/mol. The average Bonchev–Trinajstić information content (AvgIpc) is 3.89. The Morgan fingerprint density at radius 1 is 0.806 bits per heavy atom. The summed E-state index contributed by atoms with van der Waals surface area (Å²) in [6, 6.07) is 11.1. The number of alkyl halides is 7. The van der Waals surface area contributed by atoms with Crippen molar-refractivity contribution in [3.05, 3.63) is 81.5 Å². The highest BCUT2D eigenvalue weighted by Gasteiger charge is 2.69. The van der Waals surface area contributed by atoms with Crippen molar-refractivity contribution in [1.29, 1.82) is 0 Å². The van der Waals surface area contributed by atoms with Crippen molar-refractivity contribution in [3.8, 4) is 0 Å². The molecule has 10 rings (SSSR count). The number of hydrogen-bond donors (Lipinski definition) is 3. The number of hydrogen-bond acceptors (Lipinski definition) is 8. The Hall–Kier alpha value is -5.38. The first-order valence-corrected chi connectivity index (χ1v) is 24.1. The predicted octanol–water partition coefficient (Wildman–Crippen LogP) is 9.85. The fourth-order valence-corrected chi connectivity index (χ4v) is 13.8. The molecule has 2 aliphatic heterocycles. The number of rotatable bonds is 6. The highest BCUT2D eigenvalue weighted by molar-refractivity contribution is 7.80. The van der Waals surface area contributed by atoms with Gasteiger partial charge in [-0.3, -0.25) is 19.4 Å². The number of carbonyl (C=O) groups excluding carboxylic acids is 2. The Morgan fingerprint density at radius 3 is 1.71 bits per heavy atom. The summed E-state index contributed by atoms with van der Waals surface area (Å²) in [6.07, 6.45) is 0.395. The zero-order valence-corrected chi connectivity index (χ0v) is 40.5. The Balaban J connectivity index is 0.000000184. The molecule has 390 valence electrons. The van der Waals surface area contributed by atoms with Gasteiger partial charge in [0.2, 0.25) is 11.8 Å². The summed E-state index contributed by atoms with van der Waals surface area (Å²) in [5.74, 6) is -8.38. The molecule has 8 aliphatic rings. The first-order chi connectivity index (χ1) is 33.2. The van der Waals surface area contributed by atoms with Crippen LogP contribution >= 0.6 is 12.2 Å². The molecular weight excluding hydrogens is 972 g/mol. The minimum atomic E-state index is -5.08. The molecule has 1 saturated heterocycles. The summed E-state index contributed by atoms with van der Waals surface area (Å²) in [6.45, 7) is 19.6. The van der Waals surface area contributed by atoms with Crippen molar-refractivity contribution in [2.45, 2.75) is 140 Å². The number of thiocarbonyl (C=S) groups is 1. The van der Waals surface area contributed by atoms with Gasteiger partial charge in [0.1, 0.15) is 5.54 Å². The molecule has 2 heterocycles. The van der Waals surface area contributed by atoms with Crippen molar-refractivity contribution < 1.29 is 59.7 Å². The van der Waals surface area contributed by atoms with Gasteiger partial charge in [0.25, 0.3) is 11.8 Å². The molecule has 2 aromatic rings. The molecular formula is C51H60F7N7O6S. The lowest BCUT2D eigenvalue weighted by Gasteiger charge is -2.49. The summed E-state index contributed by atoms with van der Waals surface area (Å²) in [4.78, 5) is 52.1. The maximum atomic E-state index is 14.2. The number of carboxylic acids is 1. The lowest BCUT2D eigenvalue weighted by molar-refractivity contribution is -0.192. The molecule has 4 spiro atoms. The maximum absolute atomic E-state index is 14.2. The largest absolute Gasteiger partial charge is 0.490 e. The number of carbonyl (C=O) groups is 3. The fraction of sp³-hybridized carbons (Fsp3) is 0.627. The van der Waals surface area contributed by atoms with E-state index in [1.165, 1.54) is 9.80 Å². The van der Waals surface area contributed by atoms with E-state index in [-0.39, 0.29) is 99.9 Å². The molecule has 0 radical (unpaired) electrons. The molecule has 2 aromatic carbocycles. The highest BCUT2D eigenvalue weighted by atomic mass is 32.1. The number of ether oxygens (including phenoxy) is 2. The topological polar surface area (TPSA) is 156 Å². The first kappa shape index (κ1) is 54.4. The Kier molecular flexibility index (Phi) is 14.5. The Bertz CT molecular complexity index is 2600. The monoisotopic (exact) mass is 1030 g/mol. The van der Waals surface area contributed by atoms with Crippen LogP contribution in [-0.4, -0.2) is 101 Å². The number of aliphatic imine (C=N–C) groups is 1. The van der Waals surface area contributed by atoms with Gasteiger partial charge < -0.3 is 25.6 Å². The lowest BCUT2D eigenvalue weighted by atomic mass is 9.59. The molecule has 0 bridgehead atoms. The quantitative estimate of drug-likeness (QED) is 0.146. The molecule has 13 nitrogen and oxygen atoms in total. The van der Waals surface area contributed by atoms with Gasteiger partial charge in [0, 0.05) is 63.8 Å². The van der Waals surface area contributed by atoms with Crippen LogP contribution in [0, 0.1) is 47.6 Å². The van der Waals surface area contributed by atoms with Crippen LogP contribution in [-0.2, 0) is 47.8 Å².